The van der Waals surface area contributed by atoms with Gasteiger partial charge in [0, 0.05) is 0 Å². The Morgan fingerprint density at radius 2 is 1.16 bits per heavy atom. The molecule has 0 N–H and O–H groups in total. The molecule has 0 rings (SSSR count). The van der Waals surface area contributed by atoms with E-state index in [-0.39, 0.29) is 7.43 Å². The molecule has 0 radical (unpaired) electrons. The van der Waals surface area contributed by atoms with E-state index < -0.39 is 0 Å². The molecule has 0 amide bonds. The lowest BCUT2D eigenvalue weighted by molar-refractivity contribution is 0.294. The van der Waals surface area contributed by atoms with Crippen LogP contribution in [0.4, 0.5) is 0 Å². The molecule has 0 aromatic carbocycles. The van der Waals surface area contributed by atoms with Crippen LogP contribution >= 0.6 is 0 Å². The van der Waals surface area contributed by atoms with Crippen LogP contribution in [0.5, 0.6) is 0 Å². The van der Waals surface area contributed by atoms with Gasteiger partial charge in [-0.15, -0.1) is 0 Å². The maximum atomic E-state index is 2.41. The van der Waals surface area contributed by atoms with Crippen LogP contribution in [0.2, 0.25) is 0 Å². The van der Waals surface area contributed by atoms with Gasteiger partial charge in [0.1, 0.15) is 0 Å². The third-order valence-electron chi connectivity index (χ3n) is 3.39. The maximum absolute atomic E-state index is 2.41. The molecule has 0 aliphatic heterocycles. The van der Waals surface area contributed by atoms with Crippen LogP contribution in [-0.2, 0) is 0 Å². The molecule has 0 heteroatoms. The lowest BCUT2D eigenvalue weighted by Crippen LogP contribution is -2.10. The van der Waals surface area contributed by atoms with Gasteiger partial charge in [0.25, 0.3) is 0 Å². The van der Waals surface area contributed by atoms with Crippen molar-refractivity contribution < 1.29 is 0 Å². The van der Waals surface area contributed by atoms with Gasteiger partial charge in [-0.2, -0.15) is 0 Å². The van der Waals surface area contributed by atoms with Crippen LogP contribution in [0.25, 0.3) is 0 Å². The second-order valence-electron chi connectivity index (χ2n) is 6.92. The predicted molar refractivity (Wildman–Crippen MR) is 93.8 cm³/mol. The fourth-order valence-corrected chi connectivity index (χ4v) is 2.30. The first-order valence-electron chi connectivity index (χ1n) is 8.37. The highest BCUT2D eigenvalue weighted by molar-refractivity contribution is 4.66. The Balaban J connectivity index is -0.000000580. The van der Waals surface area contributed by atoms with Crippen molar-refractivity contribution in [1.82, 2.24) is 0 Å². The van der Waals surface area contributed by atoms with Gasteiger partial charge >= 0.3 is 0 Å². The van der Waals surface area contributed by atoms with Crippen LogP contribution in [0.3, 0.4) is 0 Å². The minimum absolute atomic E-state index is 0. The normalized spacial score (nSPS) is 13.6. The first-order valence-corrected chi connectivity index (χ1v) is 8.37. The van der Waals surface area contributed by atoms with Gasteiger partial charge in [-0.25, -0.2) is 0 Å². The van der Waals surface area contributed by atoms with Gasteiger partial charge in [-0.3, -0.25) is 0 Å². The zero-order chi connectivity index (χ0) is 14.6. The van der Waals surface area contributed by atoms with Gasteiger partial charge in [0.2, 0.25) is 0 Å². The molecule has 2 atom stereocenters. The van der Waals surface area contributed by atoms with Crippen molar-refractivity contribution in [3.8, 4) is 0 Å². The molecule has 2 unspecified atom stereocenters. The molecule has 0 aromatic heterocycles. The average Bonchev–Trinajstić information content (AvgIpc) is 2.26. The number of hydrogen-bond donors (Lipinski definition) is 0. The minimum Gasteiger partial charge on any atom is -0.0776 e. The van der Waals surface area contributed by atoms with E-state index in [0.29, 0.717) is 0 Å². The Morgan fingerprint density at radius 1 is 0.684 bits per heavy atom. The summed E-state index contributed by atoms with van der Waals surface area (Å²) in [7, 11) is 0. The minimum atomic E-state index is 0. The summed E-state index contributed by atoms with van der Waals surface area (Å²) in [6.07, 6.45) is 8.32. The maximum Gasteiger partial charge on any atom is -0.0409 e. The Kier molecular flexibility index (Phi) is 20.3. The lowest BCUT2D eigenvalue weighted by atomic mass is 9.83. The van der Waals surface area contributed by atoms with Crippen molar-refractivity contribution in [2.75, 3.05) is 0 Å². The zero-order valence-electron chi connectivity index (χ0n) is 14.6. The van der Waals surface area contributed by atoms with E-state index in [1.807, 2.05) is 0 Å². The highest BCUT2D eigenvalue weighted by atomic mass is 14.2. The highest BCUT2D eigenvalue weighted by Gasteiger charge is 2.14. The molecule has 0 saturated heterocycles. The van der Waals surface area contributed by atoms with Crippen LogP contribution in [0.15, 0.2) is 0 Å². The SMILES string of the molecule is C.CCC.CCC(C)CC(CCC(C)C)CC(C)C. The summed E-state index contributed by atoms with van der Waals surface area (Å²) in [5, 5.41) is 0. The van der Waals surface area contributed by atoms with Crippen LogP contribution in [-0.4, -0.2) is 0 Å². The first kappa shape index (κ1) is 24.0. The van der Waals surface area contributed by atoms with E-state index in [0.717, 1.165) is 23.7 Å². The van der Waals surface area contributed by atoms with Crippen molar-refractivity contribution in [2.45, 2.75) is 101 Å². The molecule has 0 aliphatic rings. The average molecular weight is 273 g/mol. The van der Waals surface area contributed by atoms with Gasteiger partial charge in [0.15, 0.2) is 0 Å². The second kappa shape index (κ2) is 16.1. The van der Waals surface area contributed by atoms with Crippen LogP contribution in [0, 0.1) is 23.7 Å². The van der Waals surface area contributed by atoms with Gasteiger partial charge in [-0.05, 0) is 36.5 Å². The quantitative estimate of drug-likeness (QED) is 0.427. The van der Waals surface area contributed by atoms with E-state index in [4.69, 9.17) is 0 Å². The molecule has 0 saturated carbocycles. The monoisotopic (exact) mass is 272 g/mol. The molecule has 0 aromatic rings. The molecular weight excluding hydrogens is 228 g/mol. The van der Waals surface area contributed by atoms with E-state index in [1.54, 1.807) is 0 Å². The Bertz CT molecular complexity index is 146. The lowest BCUT2D eigenvalue weighted by Gasteiger charge is -2.22. The Hall–Kier alpha value is 0. The summed E-state index contributed by atoms with van der Waals surface area (Å²) < 4.78 is 0. The third kappa shape index (κ3) is 20.5. The van der Waals surface area contributed by atoms with E-state index >= 15 is 0 Å². The van der Waals surface area contributed by atoms with Crippen molar-refractivity contribution in [1.29, 1.82) is 0 Å². The third-order valence-corrected chi connectivity index (χ3v) is 3.39. The van der Waals surface area contributed by atoms with Gasteiger partial charge in [-0.1, -0.05) is 88.5 Å². The van der Waals surface area contributed by atoms with Crippen molar-refractivity contribution in [3.05, 3.63) is 0 Å². The predicted octanol–water partition coefficient (Wildman–Crippen LogP) is 7.57. The van der Waals surface area contributed by atoms with E-state index in [9.17, 15) is 0 Å². The van der Waals surface area contributed by atoms with Gasteiger partial charge < -0.3 is 0 Å². The fourth-order valence-electron chi connectivity index (χ4n) is 2.30. The molecule has 0 bridgehead atoms. The van der Waals surface area contributed by atoms with Crippen molar-refractivity contribution >= 4 is 0 Å². The van der Waals surface area contributed by atoms with E-state index in [1.165, 1.54) is 38.5 Å². The molecule has 0 spiro atoms. The second-order valence-corrected chi connectivity index (χ2v) is 6.92. The first-order chi connectivity index (χ1) is 8.37. The Labute approximate surface area is 125 Å². The molecule has 120 valence electrons. The summed E-state index contributed by atoms with van der Waals surface area (Å²) in [5.74, 6) is 3.63. The molecular formula is C19H44. The fraction of sp³-hybridized carbons (Fsp3) is 1.00. The smallest absolute Gasteiger partial charge is 0.0409 e. The summed E-state index contributed by atoms with van der Waals surface area (Å²) in [6, 6.07) is 0. The molecule has 19 heavy (non-hydrogen) atoms. The van der Waals surface area contributed by atoms with Crippen LogP contribution < -0.4 is 0 Å². The molecule has 0 aliphatic carbocycles. The van der Waals surface area contributed by atoms with E-state index in [2.05, 4.69) is 55.4 Å². The summed E-state index contributed by atoms with van der Waals surface area (Å²) in [6.45, 7) is 18.4. The summed E-state index contributed by atoms with van der Waals surface area (Å²) >= 11 is 0. The topological polar surface area (TPSA) is 0 Å². The van der Waals surface area contributed by atoms with Crippen molar-refractivity contribution in [2.24, 2.45) is 23.7 Å². The molecule has 0 heterocycles. The number of rotatable bonds is 8. The summed E-state index contributed by atoms with van der Waals surface area (Å²) in [5.41, 5.74) is 0. The number of hydrogen-bond acceptors (Lipinski definition) is 0. The zero-order valence-corrected chi connectivity index (χ0v) is 14.6. The highest BCUT2D eigenvalue weighted by Crippen LogP contribution is 2.27. The van der Waals surface area contributed by atoms with Crippen LogP contribution in [0.1, 0.15) is 101 Å². The van der Waals surface area contributed by atoms with Gasteiger partial charge in [0.05, 0.1) is 0 Å². The molecule has 0 nitrogen and oxygen atoms in total. The Morgan fingerprint density at radius 3 is 1.47 bits per heavy atom. The standard InChI is InChI=1S/C15H32.C3H8.CH4/c1-7-14(6)11-15(10-13(4)5)9-8-12(2)3;1-3-2;/h12-15H,7-11H2,1-6H3;3H2,1-2H3;1H4. The van der Waals surface area contributed by atoms with Crippen molar-refractivity contribution in [3.63, 3.8) is 0 Å². The molecule has 0 fully saturated rings. The largest absolute Gasteiger partial charge is 0.0776 e. The summed E-state index contributed by atoms with van der Waals surface area (Å²) in [4.78, 5) is 0.